The van der Waals surface area contributed by atoms with E-state index in [1.54, 1.807) is 31.2 Å². The Balaban J connectivity index is 1.81. The molecule has 28 heavy (non-hydrogen) atoms. The average molecular weight is 376 g/mol. The van der Waals surface area contributed by atoms with Gasteiger partial charge in [-0.25, -0.2) is 0 Å². The number of fused-ring (bicyclic) bond motifs is 1. The number of aliphatic imine (C=N–C) groups is 1. The average Bonchev–Trinajstić information content (AvgIpc) is 2.67. The van der Waals surface area contributed by atoms with Gasteiger partial charge in [0.05, 0.1) is 11.9 Å². The second-order valence-electron chi connectivity index (χ2n) is 6.45. The summed E-state index contributed by atoms with van der Waals surface area (Å²) in [6.45, 7) is 3.35. The number of carbonyl (C=O) groups is 2. The first-order chi connectivity index (χ1) is 13.5. The van der Waals surface area contributed by atoms with Crippen LogP contribution in [0, 0.1) is 5.92 Å². The predicted molar refractivity (Wildman–Crippen MR) is 109 cm³/mol. The second-order valence-corrected chi connectivity index (χ2v) is 6.45. The Hall–Kier alpha value is -3.54. The fourth-order valence-electron chi connectivity index (χ4n) is 2.92. The van der Waals surface area contributed by atoms with Crippen molar-refractivity contribution < 1.29 is 14.0 Å². The van der Waals surface area contributed by atoms with Crippen LogP contribution in [0.5, 0.6) is 0 Å². The third kappa shape index (κ3) is 4.40. The fourth-order valence-corrected chi connectivity index (χ4v) is 2.92. The van der Waals surface area contributed by atoms with E-state index in [2.05, 4.69) is 10.3 Å². The lowest BCUT2D eigenvalue weighted by molar-refractivity contribution is -0.127. The summed E-state index contributed by atoms with van der Waals surface area (Å²) in [6.07, 6.45) is 0. The summed E-state index contributed by atoms with van der Waals surface area (Å²) in [7, 11) is 0. The Morgan fingerprint density at radius 2 is 1.71 bits per heavy atom. The molecule has 1 N–H and O–H groups in total. The van der Waals surface area contributed by atoms with Crippen LogP contribution >= 0.6 is 0 Å². The molecule has 3 aromatic rings. The molecule has 1 unspecified atom stereocenters. The van der Waals surface area contributed by atoms with Crippen molar-refractivity contribution in [2.45, 2.75) is 20.4 Å². The van der Waals surface area contributed by atoms with Gasteiger partial charge in [-0.15, -0.1) is 0 Å². The van der Waals surface area contributed by atoms with Crippen LogP contribution in [0.2, 0.25) is 0 Å². The third-order valence-electron chi connectivity index (χ3n) is 4.32. The number of rotatable bonds is 6. The normalized spacial score (nSPS) is 12.6. The first-order valence-electron chi connectivity index (χ1n) is 8.85. The number of hydrogen-bond donors (Lipinski definition) is 1. The predicted octanol–water partition coefficient (Wildman–Crippen LogP) is 3.60. The number of ketones is 1. The molecule has 0 saturated carbocycles. The molecule has 0 saturated heterocycles. The van der Waals surface area contributed by atoms with Crippen LogP contribution in [-0.2, 0) is 16.1 Å². The number of carbonyl (C=O) groups excluding carboxylic acids is 2. The monoisotopic (exact) mass is 376 g/mol. The summed E-state index contributed by atoms with van der Waals surface area (Å²) < 4.78 is 5.57. The minimum atomic E-state index is -1.06. The van der Waals surface area contributed by atoms with Crippen LogP contribution in [0.3, 0.4) is 0 Å². The van der Waals surface area contributed by atoms with Crippen LogP contribution in [0.25, 0.3) is 11.0 Å². The Kier molecular flexibility index (Phi) is 5.79. The molecular formula is C22H20N2O4. The van der Waals surface area contributed by atoms with Crippen LogP contribution < -0.4 is 10.7 Å². The van der Waals surface area contributed by atoms with Crippen molar-refractivity contribution in [1.82, 2.24) is 0 Å². The number of benzene rings is 2. The number of nitrogens with one attached hydrogen (secondary N) is 1. The highest BCUT2D eigenvalue weighted by Crippen LogP contribution is 2.16. The Bertz CT molecular complexity index is 1100. The molecule has 0 bridgehead atoms. The molecule has 1 atom stereocenters. The molecule has 142 valence electrons. The van der Waals surface area contributed by atoms with Crippen molar-refractivity contribution in [3.05, 3.63) is 76.5 Å². The molecule has 1 aromatic heterocycles. The summed E-state index contributed by atoms with van der Waals surface area (Å²) in [5.41, 5.74) is 1.47. The smallest absolute Gasteiger partial charge is 0.242 e. The lowest BCUT2D eigenvalue weighted by Gasteiger charge is -2.14. The van der Waals surface area contributed by atoms with E-state index in [0.717, 1.165) is 5.56 Å². The maximum absolute atomic E-state index is 12.7. The summed E-state index contributed by atoms with van der Waals surface area (Å²) >= 11 is 0. The molecule has 0 spiro atoms. The molecule has 6 heteroatoms. The van der Waals surface area contributed by atoms with Crippen LogP contribution in [0.15, 0.2) is 74.9 Å². The zero-order valence-corrected chi connectivity index (χ0v) is 15.6. The number of nitrogens with zero attached hydrogens (tertiary/aromatic N) is 1. The van der Waals surface area contributed by atoms with Crippen LogP contribution in [-0.4, -0.2) is 17.4 Å². The molecule has 0 fully saturated rings. The van der Waals surface area contributed by atoms with Crippen LogP contribution in [0.4, 0.5) is 5.88 Å². The Morgan fingerprint density at radius 1 is 1.04 bits per heavy atom. The standard InChI is InChI=1S/C22H20N2O4/c1-14(23-13-16-8-4-3-5-9-16)21(15(2)25)22(27)24-20-12-18(26)17-10-6-7-11-19(17)28-20/h3-12,21H,13H2,1-2H3,(H,24,27). The van der Waals surface area contributed by atoms with Crippen molar-refractivity contribution in [2.24, 2.45) is 10.9 Å². The SMILES string of the molecule is CC(=O)C(C(=O)Nc1cc(=O)c2ccccc2o1)C(C)=NCc1ccccc1. The highest BCUT2D eigenvalue weighted by Gasteiger charge is 2.27. The van der Waals surface area contributed by atoms with Gasteiger partial charge in [0.15, 0.2) is 5.43 Å². The first kappa shape index (κ1) is 19.2. The maximum atomic E-state index is 12.7. The van der Waals surface area contributed by atoms with E-state index in [-0.39, 0.29) is 17.1 Å². The molecule has 0 aliphatic rings. The minimum Gasteiger partial charge on any atom is -0.440 e. The Morgan fingerprint density at radius 3 is 2.43 bits per heavy atom. The van der Waals surface area contributed by atoms with Gasteiger partial charge >= 0.3 is 0 Å². The molecular weight excluding hydrogens is 356 g/mol. The summed E-state index contributed by atoms with van der Waals surface area (Å²) in [6, 6.07) is 17.5. The van der Waals surface area contributed by atoms with E-state index in [9.17, 15) is 14.4 Å². The summed E-state index contributed by atoms with van der Waals surface area (Å²) in [4.78, 5) is 41.3. The third-order valence-corrected chi connectivity index (χ3v) is 4.32. The molecule has 1 heterocycles. The molecule has 0 aliphatic carbocycles. The largest absolute Gasteiger partial charge is 0.440 e. The zero-order valence-electron chi connectivity index (χ0n) is 15.6. The fraction of sp³-hybridized carbons (Fsp3) is 0.182. The Labute approximate surface area is 161 Å². The van der Waals surface area contributed by atoms with Crippen molar-refractivity contribution >= 4 is 34.3 Å². The highest BCUT2D eigenvalue weighted by atomic mass is 16.3. The number of Topliss-reactive ketones (excluding diaryl/α,β-unsaturated/α-hetero) is 1. The first-order valence-corrected chi connectivity index (χ1v) is 8.85. The van der Waals surface area contributed by atoms with Crippen molar-refractivity contribution in [3.63, 3.8) is 0 Å². The van der Waals surface area contributed by atoms with Gasteiger partial charge in [-0.2, -0.15) is 0 Å². The number of para-hydroxylation sites is 1. The summed E-state index contributed by atoms with van der Waals surface area (Å²) in [5.74, 6) is -1.98. The van der Waals surface area contributed by atoms with E-state index in [1.165, 1.54) is 13.0 Å². The maximum Gasteiger partial charge on any atom is 0.242 e. The van der Waals surface area contributed by atoms with Gasteiger partial charge in [0.2, 0.25) is 11.8 Å². The number of anilines is 1. The van der Waals surface area contributed by atoms with Gasteiger partial charge in [0, 0.05) is 11.8 Å². The number of amides is 1. The lowest BCUT2D eigenvalue weighted by Crippen LogP contribution is -2.34. The van der Waals surface area contributed by atoms with E-state index in [0.29, 0.717) is 23.2 Å². The van der Waals surface area contributed by atoms with Gasteiger partial charge < -0.3 is 4.42 Å². The van der Waals surface area contributed by atoms with E-state index in [1.807, 2.05) is 30.3 Å². The zero-order chi connectivity index (χ0) is 20.1. The molecule has 1 amide bonds. The van der Waals surface area contributed by atoms with Crippen molar-refractivity contribution in [1.29, 1.82) is 0 Å². The molecule has 6 nitrogen and oxygen atoms in total. The lowest BCUT2D eigenvalue weighted by atomic mass is 9.99. The van der Waals surface area contributed by atoms with Gasteiger partial charge in [-0.1, -0.05) is 42.5 Å². The van der Waals surface area contributed by atoms with Gasteiger partial charge in [0.25, 0.3) is 0 Å². The molecule has 0 radical (unpaired) electrons. The van der Waals surface area contributed by atoms with Gasteiger partial charge in [0.1, 0.15) is 17.3 Å². The van der Waals surface area contributed by atoms with E-state index >= 15 is 0 Å². The van der Waals surface area contributed by atoms with E-state index < -0.39 is 11.8 Å². The summed E-state index contributed by atoms with van der Waals surface area (Å²) in [5, 5.41) is 2.95. The van der Waals surface area contributed by atoms with Crippen molar-refractivity contribution in [3.8, 4) is 0 Å². The van der Waals surface area contributed by atoms with Gasteiger partial charge in [-0.3, -0.25) is 24.7 Å². The number of hydrogen-bond acceptors (Lipinski definition) is 5. The second kappa shape index (κ2) is 8.43. The highest BCUT2D eigenvalue weighted by molar-refractivity contribution is 6.22. The van der Waals surface area contributed by atoms with E-state index in [4.69, 9.17) is 4.42 Å². The van der Waals surface area contributed by atoms with Crippen LogP contribution in [0.1, 0.15) is 19.4 Å². The quantitative estimate of drug-likeness (QED) is 0.526. The molecule has 3 rings (SSSR count). The van der Waals surface area contributed by atoms with Gasteiger partial charge in [-0.05, 0) is 31.5 Å². The minimum absolute atomic E-state index is 0.00388. The molecule has 0 aliphatic heterocycles. The topological polar surface area (TPSA) is 88.7 Å². The van der Waals surface area contributed by atoms with Crippen molar-refractivity contribution in [2.75, 3.05) is 5.32 Å². The molecule has 2 aromatic carbocycles.